The lowest BCUT2D eigenvalue weighted by Crippen LogP contribution is -2.41. The number of benzene rings is 1. The first-order valence-corrected chi connectivity index (χ1v) is 10.1. The molecule has 1 aromatic heterocycles. The molecule has 9 heteroatoms. The molecule has 1 fully saturated rings. The smallest absolute Gasteiger partial charge is 0.358 e. The van der Waals surface area contributed by atoms with E-state index in [2.05, 4.69) is 10.3 Å². The van der Waals surface area contributed by atoms with Crippen molar-refractivity contribution in [1.29, 1.82) is 0 Å². The molecule has 140 valence electrons. The third kappa shape index (κ3) is 3.94. The van der Waals surface area contributed by atoms with E-state index in [1.54, 1.807) is 12.1 Å². The van der Waals surface area contributed by atoms with Crippen LogP contribution in [0.4, 0.5) is 0 Å². The average molecular weight is 378 g/mol. The van der Waals surface area contributed by atoms with Crippen LogP contribution >= 0.6 is 0 Å². The van der Waals surface area contributed by atoms with Crippen LogP contribution < -0.4 is 0 Å². The van der Waals surface area contributed by atoms with Crippen molar-refractivity contribution in [2.75, 3.05) is 13.1 Å². The Balaban J connectivity index is 1.71. The van der Waals surface area contributed by atoms with Gasteiger partial charge in [0.05, 0.1) is 11.1 Å². The van der Waals surface area contributed by atoms with Gasteiger partial charge in [0.25, 0.3) is 0 Å². The lowest BCUT2D eigenvalue weighted by atomic mass is 10.00. The Morgan fingerprint density at radius 1 is 1.31 bits per heavy atom. The molecule has 0 saturated carbocycles. The van der Waals surface area contributed by atoms with Crippen LogP contribution in [0.2, 0.25) is 0 Å². The van der Waals surface area contributed by atoms with Crippen molar-refractivity contribution in [2.45, 2.75) is 37.6 Å². The van der Waals surface area contributed by atoms with Crippen LogP contribution in [0.3, 0.4) is 0 Å². The molecular formula is C17H22N4O4S. The van der Waals surface area contributed by atoms with Gasteiger partial charge < -0.3 is 5.11 Å². The Kier molecular flexibility index (Phi) is 5.38. The van der Waals surface area contributed by atoms with Crippen molar-refractivity contribution in [3.05, 3.63) is 41.7 Å². The van der Waals surface area contributed by atoms with E-state index in [-0.39, 0.29) is 11.6 Å². The Morgan fingerprint density at radius 3 is 2.65 bits per heavy atom. The number of carbonyl (C=O) groups is 1. The monoisotopic (exact) mass is 378 g/mol. The van der Waals surface area contributed by atoms with Gasteiger partial charge in [-0.3, -0.25) is 4.68 Å². The molecule has 0 spiro atoms. The van der Waals surface area contributed by atoms with Crippen molar-refractivity contribution in [2.24, 2.45) is 5.92 Å². The van der Waals surface area contributed by atoms with Crippen LogP contribution in [-0.2, 0) is 23.0 Å². The van der Waals surface area contributed by atoms with Crippen LogP contribution in [0.15, 0.2) is 35.4 Å². The first-order valence-electron chi connectivity index (χ1n) is 8.62. The van der Waals surface area contributed by atoms with Crippen LogP contribution in [-0.4, -0.2) is 51.9 Å². The molecule has 1 aromatic carbocycles. The summed E-state index contributed by atoms with van der Waals surface area (Å²) < 4.78 is 28.8. The second-order valence-corrected chi connectivity index (χ2v) is 8.44. The Bertz CT molecular complexity index is 876. The van der Waals surface area contributed by atoms with E-state index >= 15 is 0 Å². The lowest BCUT2D eigenvalue weighted by Gasteiger charge is -2.31. The summed E-state index contributed by atoms with van der Waals surface area (Å²) in [5, 5.41) is 16.3. The van der Waals surface area contributed by atoms with Crippen molar-refractivity contribution < 1.29 is 18.3 Å². The highest BCUT2D eigenvalue weighted by molar-refractivity contribution is 7.89. The zero-order valence-electron chi connectivity index (χ0n) is 14.6. The van der Waals surface area contributed by atoms with Gasteiger partial charge in [-0.25, -0.2) is 13.2 Å². The molecule has 1 N–H and O–H groups in total. The van der Waals surface area contributed by atoms with Crippen molar-refractivity contribution >= 4 is 16.0 Å². The molecule has 1 aliphatic rings. The minimum absolute atomic E-state index is 0.0665. The fourth-order valence-corrected chi connectivity index (χ4v) is 4.75. The minimum atomic E-state index is -3.53. The maximum absolute atomic E-state index is 12.9. The van der Waals surface area contributed by atoms with Gasteiger partial charge >= 0.3 is 5.97 Å². The van der Waals surface area contributed by atoms with Crippen LogP contribution in [0.5, 0.6) is 0 Å². The molecule has 1 aliphatic heterocycles. The van der Waals surface area contributed by atoms with E-state index in [0.717, 1.165) is 24.8 Å². The molecule has 0 radical (unpaired) electrons. The summed E-state index contributed by atoms with van der Waals surface area (Å²) in [7, 11) is -3.53. The normalized spacial score (nSPS) is 18.7. The van der Waals surface area contributed by atoms with Gasteiger partial charge in [-0.05, 0) is 42.9 Å². The van der Waals surface area contributed by atoms with Crippen LogP contribution in [0.1, 0.15) is 35.8 Å². The summed E-state index contributed by atoms with van der Waals surface area (Å²) in [6, 6.07) is 7.01. The maximum Gasteiger partial charge on any atom is 0.358 e. The minimum Gasteiger partial charge on any atom is -0.476 e. The third-order valence-corrected chi connectivity index (χ3v) is 6.53. The lowest BCUT2D eigenvalue weighted by molar-refractivity contribution is 0.0690. The first kappa shape index (κ1) is 18.5. The highest BCUT2D eigenvalue weighted by Crippen LogP contribution is 2.25. The number of carboxylic acids is 1. The number of carboxylic acid groups (broad SMARTS) is 1. The van der Waals surface area contributed by atoms with Crippen molar-refractivity contribution in [3.8, 4) is 0 Å². The number of aromatic nitrogens is 3. The summed E-state index contributed by atoms with van der Waals surface area (Å²) in [4.78, 5) is 11.2. The van der Waals surface area contributed by atoms with E-state index in [4.69, 9.17) is 5.11 Å². The summed E-state index contributed by atoms with van der Waals surface area (Å²) >= 11 is 0. The largest absolute Gasteiger partial charge is 0.476 e. The highest BCUT2D eigenvalue weighted by atomic mass is 32.2. The number of hydrogen-bond acceptors (Lipinski definition) is 5. The molecule has 2 aromatic rings. The van der Waals surface area contributed by atoms with Gasteiger partial charge in [0.1, 0.15) is 0 Å². The third-order valence-electron chi connectivity index (χ3n) is 4.65. The number of piperidine rings is 1. The number of aryl methyl sites for hydroxylation is 1. The number of nitrogens with zero attached hydrogens (tertiary/aromatic N) is 4. The summed E-state index contributed by atoms with van der Waals surface area (Å²) in [6.45, 7) is 3.35. The van der Waals surface area contributed by atoms with Gasteiger partial charge in [-0.15, -0.1) is 5.10 Å². The molecule has 2 heterocycles. The number of aromatic carboxylic acids is 1. The highest BCUT2D eigenvalue weighted by Gasteiger charge is 2.30. The molecule has 1 unspecified atom stereocenters. The van der Waals surface area contributed by atoms with E-state index in [9.17, 15) is 13.2 Å². The van der Waals surface area contributed by atoms with Gasteiger partial charge in [-0.1, -0.05) is 24.3 Å². The quantitative estimate of drug-likeness (QED) is 0.819. The Hall–Kier alpha value is -2.26. The molecular weight excluding hydrogens is 356 g/mol. The number of rotatable bonds is 6. The first-order chi connectivity index (χ1) is 12.4. The fourth-order valence-electron chi connectivity index (χ4n) is 3.19. The van der Waals surface area contributed by atoms with E-state index in [1.165, 1.54) is 15.2 Å². The molecule has 8 nitrogen and oxygen atoms in total. The molecule has 0 aliphatic carbocycles. The molecule has 0 bridgehead atoms. The average Bonchev–Trinajstić information content (AvgIpc) is 3.11. The van der Waals surface area contributed by atoms with Gasteiger partial charge in [-0.2, -0.15) is 4.31 Å². The Morgan fingerprint density at radius 2 is 2.04 bits per heavy atom. The summed E-state index contributed by atoms with van der Waals surface area (Å²) in [6.07, 6.45) is 3.86. The molecule has 3 rings (SSSR count). The SMILES string of the molecule is CCc1ccc(S(=O)(=O)N2CCCC(Cn3cc(C(=O)O)nn3)C2)cc1. The van der Waals surface area contributed by atoms with E-state index < -0.39 is 16.0 Å². The van der Waals surface area contributed by atoms with Gasteiger partial charge in [0.2, 0.25) is 10.0 Å². The van der Waals surface area contributed by atoms with Crippen molar-refractivity contribution in [1.82, 2.24) is 19.3 Å². The molecule has 0 amide bonds. The van der Waals surface area contributed by atoms with Crippen molar-refractivity contribution in [3.63, 3.8) is 0 Å². The van der Waals surface area contributed by atoms with Crippen LogP contribution in [0, 0.1) is 5.92 Å². The molecule has 1 atom stereocenters. The molecule has 1 saturated heterocycles. The summed E-state index contributed by atoms with van der Waals surface area (Å²) in [5.41, 5.74) is 0.988. The predicted molar refractivity (Wildman–Crippen MR) is 94.3 cm³/mol. The second-order valence-electron chi connectivity index (χ2n) is 6.50. The van der Waals surface area contributed by atoms with E-state index in [0.29, 0.717) is 24.5 Å². The second kappa shape index (κ2) is 7.55. The maximum atomic E-state index is 12.9. The topological polar surface area (TPSA) is 105 Å². The zero-order valence-corrected chi connectivity index (χ0v) is 15.4. The van der Waals surface area contributed by atoms with Crippen LogP contribution in [0.25, 0.3) is 0 Å². The van der Waals surface area contributed by atoms with E-state index in [1.807, 2.05) is 19.1 Å². The zero-order chi connectivity index (χ0) is 18.7. The summed E-state index contributed by atoms with van der Waals surface area (Å²) in [5.74, 6) is -1.06. The fraction of sp³-hybridized carbons (Fsp3) is 0.471. The molecule has 26 heavy (non-hydrogen) atoms. The van der Waals surface area contributed by atoms with Gasteiger partial charge in [0.15, 0.2) is 5.69 Å². The standard InChI is InChI=1S/C17H22N4O4S/c1-2-13-5-7-15(8-6-13)26(24,25)21-9-3-4-14(11-21)10-20-12-16(17(22)23)18-19-20/h5-8,12,14H,2-4,9-11H2,1H3,(H,22,23). The number of hydrogen-bond donors (Lipinski definition) is 1. The predicted octanol–water partition coefficient (Wildman–Crippen LogP) is 1.64. The number of sulfonamides is 1. The Labute approximate surface area is 152 Å². The van der Waals surface area contributed by atoms with Gasteiger partial charge in [0, 0.05) is 19.6 Å².